The van der Waals surface area contributed by atoms with E-state index in [0.29, 0.717) is 0 Å². The molecule has 3 nitrogen and oxygen atoms in total. The summed E-state index contributed by atoms with van der Waals surface area (Å²) in [6.07, 6.45) is 4.36. The molecule has 20 heavy (non-hydrogen) atoms. The zero-order chi connectivity index (χ0) is 14.2. The lowest BCUT2D eigenvalue weighted by molar-refractivity contribution is 0.734. The van der Waals surface area contributed by atoms with Gasteiger partial charge in [0.2, 0.25) is 0 Å². The van der Waals surface area contributed by atoms with E-state index in [9.17, 15) is 0 Å². The number of para-hydroxylation sites is 1. The van der Waals surface area contributed by atoms with Crippen LogP contribution in [-0.4, -0.2) is 18.1 Å². The number of nitrogens with zero attached hydrogens (tertiary/aromatic N) is 2. The molecule has 0 amide bonds. The molecule has 108 valence electrons. The second-order valence-corrected chi connectivity index (χ2v) is 5.82. The number of unbranched alkanes of at least 4 members (excludes halogenated alkanes) is 1. The van der Waals surface area contributed by atoms with Gasteiger partial charge in [-0.15, -0.1) is 11.3 Å². The number of nitrogens with one attached hydrogen (secondary N) is 1. The Morgan fingerprint density at radius 1 is 1.20 bits per heavy atom. The molecule has 1 N–H and O–H groups in total. The maximum atomic E-state index is 4.60. The van der Waals surface area contributed by atoms with Crippen LogP contribution in [0.2, 0.25) is 0 Å². The summed E-state index contributed by atoms with van der Waals surface area (Å²) < 4.78 is 0. The van der Waals surface area contributed by atoms with Gasteiger partial charge in [0, 0.05) is 29.9 Å². The normalized spacial score (nSPS) is 10.7. The molecule has 1 aromatic heterocycles. The van der Waals surface area contributed by atoms with Crippen molar-refractivity contribution in [3.8, 4) is 0 Å². The van der Waals surface area contributed by atoms with Gasteiger partial charge in [0.05, 0.1) is 0 Å². The van der Waals surface area contributed by atoms with Gasteiger partial charge in [0.15, 0.2) is 5.13 Å². The van der Waals surface area contributed by atoms with Gasteiger partial charge in [0.1, 0.15) is 0 Å². The van der Waals surface area contributed by atoms with Crippen LogP contribution in [0.15, 0.2) is 36.5 Å². The minimum atomic E-state index is 0.907. The maximum Gasteiger partial charge on any atom is 0.190 e. The van der Waals surface area contributed by atoms with Crippen molar-refractivity contribution in [3.63, 3.8) is 0 Å². The van der Waals surface area contributed by atoms with Crippen LogP contribution in [-0.2, 0) is 6.54 Å². The lowest BCUT2D eigenvalue weighted by atomic mass is 10.2. The average molecular weight is 289 g/mol. The largest absolute Gasteiger partial charge is 0.318 e. The zero-order valence-electron chi connectivity index (χ0n) is 12.3. The van der Waals surface area contributed by atoms with E-state index in [2.05, 4.69) is 59.4 Å². The van der Waals surface area contributed by atoms with Gasteiger partial charge in [-0.2, -0.15) is 0 Å². The van der Waals surface area contributed by atoms with E-state index < -0.39 is 0 Å². The number of thiazole rings is 1. The van der Waals surface area contributed by atoms with Crippen LogP contribution in [0, 0.1) is 0 Å². The Kier molecular flexibility index (Phi) is 6.02. The molecular formula is C16H23N3S. The Labute approximate surface area is 125 Å². The van der Waals surface area contributed by atoms with E-state index in [-0.39, 0.29) is 0 Å². The number of hydrogen-bond acceptors (Lipinski definition) is 4. The number of hydrogen-bond donors (Lipinski definition) is 1. The van der Waals surface area contributed by atoms with Crippen molar-refractivity contribution in [2.45, 2.75) is 33.2 Å². The highest BCUT2D eigenvalue weighted by atomic mass is 32.1. The molecule has 0 aliphatic rings. The van der Waals surface area contributed by atoms with Gasteiger partial charge in [-0.05, 0) is 25.1 Å². The summed E-state index contributed by atoms with van der Waals surface area (Å²) in [5, 5.41) is 4.45. The molecule has 4 heteroatoms. The fourth-order valence-corrected chi connectivity index (χ4v) is 2.94. The second kappa shape index (κ2) is 8.02. The third-order valence-corrected chi connectivity index (χ3v) is 4.14. The second-order valence-electron chi connectivity index (χ2n) is 4.73. The molecule has 0 spiro atoms. The SMILES string of the molecule is CCCCN(c1ccccc1)c1ncc(CNCC)s1. The van der Waals surface area contributed by atoms with Crippen LogP contribution in [0.4, 0.5) is 10.8 Å². The smallest absolute Gasteiger partial charge is 0.190 e. The molecule has 0 atom stereocenters. The van der Waals surface area contributed by atoms with Crippen molar-refractivity contribution in [1.29, 1.82) is 0 Å². The summed E-state index contributed by atoms with van der Waals surface area (Å²) in [5.41, 5.74) is 1.23. The summed E-state index contributed by atoms with van der Waals surface area (Å²) in [7, 11) is 0. The minimum absolute atomic E-state index is 0.907. The zero-order valence-corrected chi connectivity index (χ0v) is 13.1. The molecule has 2 rings (SSSR count). The number of rotatable bonds is 8. The van der Waals surface area contributed by atoms with Crippen LogP contribution >= 0.6 is 11.3 Å². The quantitative estimate of drug-likeness (QED) is 0.789. The van der Waals surface area contributed by atoms with Gasteiger partial charge < -0.3 is 10.2 Å². The lowest BCUT2D eigenvalue weighted by Crippen LogP contribution is -2.17. The fourth-order valence-electron chi connectivity index (χ4n) is 2.01. The molecule has 0 bridgehead atoms. The number of anilines is 2. The first-order valence-electron chi connectivity index (χ1n) is 7.33. The molecule has 0 aliphatic heterocycles. The summed E-state index contributed by atoms with van der Waals surface area (Å²) >= 11 is 1.78. The Bertz CT molecular complexity index is 495. The third-order valence-electron chi connectivity index (χ3n) is 3.12. The number of aromatic nitrogens is 1. The van der Waals surface area contributed by atoms with Gasteiger partial charge in [0.25, 0.3) is 0 Å². The molecule has 1 heterocycles. The Morgan fingerprint density at radius 3 is 2.70 bits per heavy atom. The lowest BCUT2D eigenvalue weighted by Gasteiger charge is -2.21. The van der Waals surface area contributed by atoms with E-state index in [4.69, 9.17) is 0 Å². The molecule has 0 saturated heterocycles. The topological polar surface area (TPSA) is 28.2 Å². The predicted molar refractivity (Wildman–Crippen MR) is 87.9 cm³/mol. The molecular weight excluding hydrogens is 266 g/mol. The van der Waals surface area contributed by atoms with Gasteiger partial charge in [-0.1, -0.05) is 38.5 Å². The van der Waals surface area contributed by atoms with E-state index >= 15 is 0 Å². The van der Waals surface area contributed by atoms with Crippen LogP contribution in [0.5, 0.6) is 0 Å². The van der Waals surface area contributed by atoms with Crippen LogP contribution in [0.25, 0.3) is 0 Å². The Morgan fingerprint density at radius 2 is 2.00 bits per heavy atom. The van der Waals surface area contributed by atoms with E-state index in [1.54, 1.807) is 11.3 Å². The first-order valence-corrected chi connectivity index (χ1v) is 8.14. The maximum absolute atomic E-state index is 4.60. The molecule has 0 radical (unpaired) electrons. The van der Waals surface area contributed by atoms with Crippen LogP contribution in [0.3, 0.4) is 0 Å². The summed E-state index contributed by atoms with van der Waals surface area (Å²) in [6.45, 7) is 7.27. The third kappa shape index (κ3) is 4.05. The predicted octanol–water partition coefficient (Wildman–Crippen LogP) is 4.19. The van der Waals surface area contributed by atoms with Crippen molar-refractivity contribution in [2.24, 2.45) is 0 Å². The molecule has 0 saturated carbocycles. The van der Waals surface area contributed by atoms with Crippen molar-refractivity contribution >= 4 is 22.2 Å². The first-order chi connectivity index (χ1) is 9.85. The van der Waals surface area contributed by atoms with Crippen LogP contribution < -0.4 is 10.2 Å². The van der Waals surface area contributed by atoms with Crippen molar-refractivity contribution < 1.29 is 0 Å². The summed E-state index contributed by atoms with van der Waals surface area (Å²) in [4.78, 5) is 8.22. The summed E-state index contributed by atoms with van der Waals surface area (Å²) in [6, 6.07) is 10.5. The van der Waals surface area contributed by atoms with Crippen LogP contribution in [0.1, 0.15) is 31.6 Å². The summed E-state index contributed by atoms with van der Waals surface area (Å²) in [5.74, 6) is 0. The first kappa shape index (κ1) is 15.0. The van der Waals surface area contributed by atoms with E-state index in [0.717, 1.165) is 24.8 Å². The monoisotopic (exact) mass is 289 g/mol. The molecule has 1 aromatic carbocycles. The highest BCUT2D eigenvalue weighted by Gasteiger charge is 2.12. The molecule has 0 fully saturated rings. The van der Waals surface area contributed by atoms with E-state index in [1.807, 2.05) is 6.20 Å². The Hall–Kier alpha value is -1.39. The van der Waals surface area contributed by atoms with Gasteiger partial charge in [-0.3, -0.25) is 0 Å². The van der Waals surface area contributed by atoms with Crippen molar-refractivity contribution in [3.05, 3.63) is 41.4 Å². The van der Waals surface area contributed by atoms with E-state index in [1.165, 1.54) is 23.4 Å². The average Bonchev–Trinajstić information content (AvgIpc) is 2.95. The van der Waals surface area contributed by atoms with Crippen molar-refractivity contribution in [2.75, 3.05) is 18.0 Å². The van der Waals surface area contributed by atoms with Gasteiger partial charge >= 0.3 is 0 Å². The molecule has 0 aliphatic carbocycles. The minimum Gasteiger partial charge on any atom is -0.318 e. The van der Waals surface area contributed by atoms with Gasteiger partial charge in [-0.25, -0.2) is 4.98 Å². The molecule has 0 unspecified atom stereocenters. The fraction of sp³-hybridized carbons (Fsp3) is 0.438. The molecule has 2 aromatic rings. The van der Waals surface area contributed by atoms with Crippen molar-refractivity contribution in [1.82, 2.24) is 10.3 Å². The standard InChI is InChI=1S/C16H23N3S/c1-3-5-11-19(14-9-7-6-8-10-14)16-18-13-15(20-16)12-17-4-2/h6-10,13,17H,3-5,11-12H2,1-2H3. The Balaban J connectivity index is 2.16. The highest BCUT2D eigenvalue weighted by molar-refractivity contribution is 7.15. The highest BCUT2D eigenvalue weighted by Crippen LogP contribution is 2.29. The number of benzene rings is 1.